The zero-order chi connectivity index (χ0) is 20.8. The van der Waals surface area contributed by atoms with Gasteiger partial charge in [0.05, 0.1) is 12.0 Å². The fraction of sp³-hybridized carbons (Fsp3) is 0.130. The van der Waals surface area contributed by atoms with Crippen molar-refractivity contribution >= 4 is 29.8 Å². The van der Waals surface area contributed by atoms with E-state index in [9.17, 15) is 9.59 Å². The topological polar surface area (TPSA) is 74.7 Å². The molecule has 3 aromatic rings. The summed E-state index contributed by atoms with van der Waals surface area (Å²) in [6, 6.07) is 20.9. The summed E-state index contributed by atoms with van der Waals surface area (Å²) in [7, 11) is 0. The van der Waals surface area contributed by atoms with Crippen molar-refractivity contribution in [2.75, 3.05) is 5.75 Å². The van der Waals surface area contributed by atoms with Gasteiger partial charge >= 0.3 is 0 Å². The Morgan fingerprint density at radius 1 is 1.13 bits per heavy atom. The quantitative estimate of drug-likeness (QED) is 0.492. The first-order chi connectivity index (χ1) is 14.7. The number of hydrogen-bond acceptors (Lipinski definition) is 5. The van der Waals surface area contributed by atoms with Crippen molar-refractivity contribution in [2.24, 2.45) is 5.10 Å². The molecule has 150 valence electrons. The molecule has 0 unspecified atom stereocenters. The summed E-state index contributed by atoms with van der Waals surface area (Å²) in [6.07, 6.45) is 4.88. The van der Waals surface area contributed by atoms with Crippen LogP contribution >= 0.6 is 11.8 Å². The summed E-state index contributed by atoms with van der Waals surface area (Å²) in [5.41, 5.74) is 5.92. The molecule has 0 radical (unpaired) electrons. The second kappa shape index (κ2) is 9.37. The zero-order valence-electron chi connectivity index (χ0n) is 16.1. The highest BCUT2D eigenvalue weighted by Gasteiger charge is 2.32. The Morgan fingerprint density at radius 3 is 2.67 bits per heavy atom. The van der Waals surface area contributed by atoms with E-state index in [2.05, 4.69) is 15.5 Å². The molecule has 2 aromatic carbocycles. The van der Waals surface area contributed by atoms with Crippen LogP contribution in [-0.4, -0.2) is 33.7 Å². The predicted molar refractivity (Wildman–Crippen MR) is 118 cm³/mol. The number of carbonyl (C=O) groups excluding carboxylic acids is 2. The highest BCUT2D eigenvalue weighted by Crippen LogP contribution is 2.39. The first kappa shape index (κ1) is 19.8. The molecule has 0 bridgehead atoms. The van der Waals surface area contributed by atoms with E-state index >= 15 is 0 Å². The third kappa shape index (κ3) is 4.75. The molecule has 1 aliphatic heterocycles. The Kier molecular flexibility index (Phi) is 6.20. The smallest absolute Gasteiger partial charge is 0.271 e. The van der Waals surface area contributed by atoms with Crippen molar-refractivity contribution in [3.05, 3.63) is 101 Å². The maximum absolute atomic E-state index is 12.4. The lowest BCUT2D eigenvalue weighted by molar-refractivity contribution is -0.128. The van der Waals surface area contributed by atoms with Crippen LogP contribution in [0.3, 0.4) is 0 Å². The third-order valence-corrected chi connectivity index (χ3v) is 5.94. The molecule has 1 aromatic heterocycles. The van der Waals surface area contributed by atoms with E-state index in [1.54, 1.807) is 48.6 Å². The Bertz CT molecular complexity index is 1040. The van der Waals surface area contributed by atoms with E-state index in [-0.39, 0.29) is 17.2 Å². The van der Waals surface area contributed by atoms with Gasteiger partial charge in [0.15, 0.2) is 0 Å². The van der Waals surface area contributed by atoms with Gasteiger partial charge in [-0.05, 0) is 29.3 Å². The molecule has 1 saturated heterocycles. The average Bonchev–Trinajstić information content (AvgIpc) is 3.15. The number of pyridine rings is 1. The normalized spacial score (nSPS) is 16.2. The van der Waals surface area contributed by atoms with Gasteiger partial charge in [-0.15, -0.1) is 11.8 Å². The molecule has 2 heterocycles. The zero-order valence-corrected chi connectivity index (χ0v) is 17.0. The molecule has 0 saturated carbocycles. The molecule has 1 aliphatic rings. The van der Waals surface area contributed by atoms with E-state index in [0.29, 0.717) is 17.9 Å². The minimum atomic E-state index is -0.294. The van der Waals surface area contributed by atoms with E-state index in [1.807, 2.05) is 53.4 Å². The number of nitrogens with zero attached hydrogens (tertiary/aromatic N) is 3. The van der Waals surface area contributed by atoms with Crippen molar-refractivity contribution in [1.29, 1.82) is 0 Å². The van der Waals surface area contributed by atoms with Crippen LogP contribution in [0.2, 0.25) is 0 Å². The third-order valence-electron chi connectivity index (χ3n) is 4.69. The summed E-state index contributed by atoms with van der Waals surface area (Å²) < 4.78 is 0. The SMILES string of the molecule is O=C(N/N=C\c1cccnc1)c1ccc([C@@H]2SCC(=O)N2Cc2ccccc2)cc1. The average molecular weight is 417 g/mol. The summed E-state index contributed by atoms with van der Waals surface area (Å²) in [6.45, 7) is 0.572. The highest BCUT2D eigenvalue weighted by atomic mass is 32.2. The van der Waals surface area contributed by atoms with Gasteiger partial charge in [0.2, 0.25) is 5.91 Å². The van der Waals surface area contributed by atoms with Crippen molar-refractivity contribution in [3.8, 4) is 0 Å². The number of nitrogens with one attached hydrogen (secondary N) is 1. The highest BCUT2D eigenvalue weighted by molar-refractivity contribution is 8.00. The number of thioether (sulfide) groups is 1. The number of amides is 2. The maximum Gasteiger partial charge on any atom is 0.271 e. The van der Waals surface area contributed by atoms with Gasteiger partial charge in [-0.25, -0.2) is 5.43 Å². The Balaban J connectivity index is 1.41. The number of hydrogen-bond donors (Lipinski definition) is 1. The molecule has 2 amide bonds. The number of aromatic nitrogens is 1. The Hall–Kier alpha value is -3.45. The molecule has 7 heteroatoms. The van der Waals surface area contributed by atoms with Gasteiger partial charge in [0, 0.05) is 30.1 Å². The molecular formula is C23H20N4O2S. The van der Waals surface area contributed by atoms with Crippen LogP contribution < -0.4 is 5.43 Å². The van der Waals surface area contributed by atoms with Crippen molar-refractivity contribution in [1.82, 2.24) is 15.3 Å². The Morgan fingerprint density at radius 2 is 1.93 bits per heavy atom. The molecule has 6 nitrogen and oxygen atoms in total. The molecule has 4 rings (SSSR count). The van der Waals surface area contributed by atoms with Crippen LogP contribution in [0.5, 0.6) is 0 Å². The molecule has 1 N–H and O–H groups in total. The van der Waals surface area contributed by atoms with Gasteiger partial charge in [0.25, 0.3) is 5.91 Å². The van der Waals surface area contributed by atoms with Gasteiger partial charge in [-0.3, -0.25) is 14.6 Å². The molecular weight excluding hydrogens is 396 g/mol. The predicted octanol–water partition coefficient (Wildman–Crippen LogP) is 3.62. The van der Waals surface area contributed by atoms with Gasteiger partial charge in [-0.2, -0.15) is 5.10 Å². The largest absolute Gasteiger partial charge is 0.322 e. The monoisotopic (exact) mass is 416 g/mol. The van der Waals surface area contributed by atoms with E-state index in [0.717, 1.165) is 16.7 Å². The van der Waals surface area contributed by atoms with Crippen LogP contribution in [0.15, 0.2) is 84.2 Å². The molecule has 0 aliphatic carbocycles. The van der Waals surface area contributed by atoms with Gasteiger partial charge in [0.1, 0.15) is 5.37 Å². The summed E-state index contributed by atoms with van der Waals surface area (Å²) >= 11 is 1.60. The van der Waals surface area contributed by atoms with Crippen LogP contribution in [0.1, 0.15) is 32.4 Å². The second-order valence-corrected chi connectivity index (χ2v) is 7.85. The Labute approximate surface area is 179 Å². The molecule has 1 atom stereocenters. The minimum absolute atomic E-state index is 0.0570. The molecule has 1 fully saturated rings. The van der Waals surface area contributed by atoms with E-state index in [1.165, 1.54) is 0 Å². The maximum atomic E-state index is 12.4. The van der Waals surface area contributed by atoms with Crippen molar-refractivity contribution in [3.63, 3.8) is 0 Å². The van der Waals surface area contributed by atoms with Crippen molar-refractivity contribution < 1.29 is 9.59 Å². The molecule has 30 heavy (non-hydrogen) atoms. The fourth-order valence-corrected chi connectivity index (χ4v) is 4.35. The second-order valence-electron chi connectivity index (χ2n) is 6.78. The lowest BCUT2D eigenvalue weighted by Gasteiger charge is -2.24. The first-order valence-electron chi connectivity index (χ1n) is 9.49. The number of hydrazone groups is 1. The van der Waals surface area contributed by atoms with Gasteiger partial charge in [-0.1, -0.05) is 48.5 Å². The number of rotatable bonds is 6. The fourth-order valence-electron chi connectivity index (χ4n) is 3.16. The first-order valence-corrected chi connectivity index (χ1v) is 10.5. The summed E-state index contributed by atoms with van der Waals surface area (Å²) in [4.78, 5) is 30.6. The van der Waals surface area contributed by atoms with Crippen LogP contribution in [-0.2, 0) is 11.3 Å². The minimum Gasteiger partial charge on any atom is -0.322 e. The number of benzene rings is 2. The lowest BCUT2D eigenvalue weighted by Crippen LogP contribution is -2.27. The lowest BCUT2D eigenvalue weighted by atomic mass is 10.1. The van der Waals surface area contributed by atoms with Crippen LogP contribution in [0.25, 0.3) is 0 Å². The van der Waals surface area contributed by atoms with Crippen molar-refractivity contribution in [2.45, 2.75) is 11.9 Å². The van der Waals surface area contributed by atoms with Crippen LogP contribution in [0, 0.1) is 0 Å². The van der Waals surface area contributed by atoms with Crippen LogP contribution in [0.4, 0.5) is 0 Å². The summed E-state index contributed by atoms with van der Waals surface area (Å²) in [5.74, 6) is 0.293. The van der Waals surface area contributed by atoms with Gasteiger partial charge < -0.3 is 4.90 Å². The number of carbonyl (C=O) groups is 2. The molecule has 0 spiro atoms. The standard InChI is InChI=1S/C23H20N4O2S/c28-21-16-30-23(27(21)15-17-5-2-1-3-6-17)20-10-8-19(9-11-20)22(29)26-25-14-18-7-4-12-24-13-18/h1-14,23H,15-16H2,(H,26,29)/b25-14-/t23-/m0/s1. The van der Waals surface area contributed by atoms with E-state index < -0.39 is 0 Å². The summed E-state index contributed by atoms with van der Waals surface area (Å²) in [5, 5.41) is 3.91. The van der Waals surface area contributed by atoms with E-state index in [4.69, 9.17) is 0 Å².